The van der Waals surface area contributed by atoms with Crippen LogP contribution in [0.15, 0.2) is 6.07 Å². The van der Waals surface area contributed by atoms with E-state index in [1.807, 2.05) is 7.05 Å². The molecule has 1 N–H and O–H groups in total. The summed E-state index contributed by atoms with van der Waals surface area (Å²) in [5, 5.41) is 8.01. The van der Waals surface area contributed by atoms with Crippen LogP contribution in [0.2, 0.25) is 0 Å². The molecule has 0 saturated heterocycles. The summed E-state index contributed by atoms with van der Waals surface area (Å²) < 4.78 is 2.17. The van der Waals surface area contributed by atoms with Gasteiger partial charge in [-0.1, -0.05) is 27.7 Å². The lowest BCUT2D eigenvalue weighted by Crippen LogP contribution is -2.35. The van der Waals surface area contributed by atoms with E-state index < -0.39 is 0 Å². The van der Waals surface area contributed by atoms with Gasteiger partial charge in [0.25, 0.3) is 0 Å². The van der Waals surface area contributed by atoms with E-state index in [0.717, 1.165) is 19.4 Å². The van der Waals surface area contributed by atoms with Crippen LogP contribution in [0.4, 0.5) is 0 Å². The molecule has 0 bridgehead atoms. The Hall–Kier alpha value is -0.830. The lowest BCUT2D eigenvalue weighted by molar-refractivity contribution is 0.357. The van der Waals surface area contributed by atoms with Crippen molar-refractivity contribution in [3.05, 3.63) is 17.5 Å². The Kier molecular flexibility index (Phi) is 5.00. The van der Waals surface area contributed by atoms with Crippen LogP contribution < -0.4 is 5.32 Å². The molecule has 0 aliphatic rings. The van der Waals surface area contributed by atoms with Gasteiger partial charge in [-0.15, -0.1) is 0 Å². The molecule has 0 aliphatic heterocycles. The first-order valence-electron chi connectivity index (χ1n) is 6.35. The van der Waals surface area contributed by atoms with Crippen LogP contribution in [0.25, 0.3) is 0 Å². The first-order valence-corrected chi connectivity index (χ1v) is 6.35. The summed E-state index contributed by atoms with van der Waals surface area (Å²) in [7, 11) is 2.03. The molecule has 1 rings (SSSR count). The average Bonchev–Trinajstić information content (AvgIpc) is 2.67. The van der Waals surface area contributed by atoms with Gasteiger partial charge < -0.3 is 5.32 Å². The van der Waals surface area contributed by atoms with Gasteiger partial charge in [0.05, 0.1) is 12.2 Å². The zero-order valence-electron chi connectivity index (χ0n) is 11.2. The van der Waals surface area contributed by atoms with E-state index in [9.17, 15) is 0 Å². The van der Waals surface area contributed by atoms with Gasteiger partial charge in [0.2, 0.25) is 0 Å². The second-order valence-corrected chi connectivity index (χ2v) is 4.66. The number of likely N-dealkylation sites (N-methyl/N-ethyl adjacent to an activating group) is 1. The molecule has 0 radical (unpaired) electrons. The SMILES string of the molecule is CCc1cc(CC)n(CC(NC)C(C)C)n1. The first-order chi connectivity index (χ1) is 7.62. The van der Waals surface area contributed by atoms with E-state index >= 15 is 0 Å². The summed E-state index contributed by atoms with van der Waals surface area (Å²) in [5.41, 5.74) is 2.55. The molecular weight excluding hydrogens is 198 g/mol. The molecule has 0 aromatic carbocycles. The van der Waals surface area contributed by atoms with Gasteiger partial charge in [0.1, 0.15) is 0 Å². The Labute approximate surface area is 99.2 Å². The maximum atomic E-state index is 4.65. The fraction of sp³-hybridized carbons (Fsp3) is 0.769. The number of rotatable bonds is 6. The van der Waals surface area contributed by atoms with E-state index in [1.165, 1.54) is 11.4 Å². The second kappa shape index (κ2) is 6.04. The van der Waals surface area contributed by atoms with Crippen LogP contribution in [0.3, 0.4) is 0 Å². The van der Waals surface area contributed by atoms with E-state index in [1.54, 1.807) is 0 Å². The summed E-state index contributed by atoms with van der Waals surface area (Å²) >= 11 is 0. The summed E-state index contributed by atoms with van der Waals surface area (Å²) in [4.78, 5) is 0. The Morgan fingerprint density at radius 1 is 1.31 bits per heavy atom. The minimum Gasteiger partial charge on any atom is -0.315 e. The van der Waals surface area contributed by atoms with Crippen molar-refractivity contribution in [3.8, 4) is 0 Å². The second-order valence-electron chi connectivity index (χ2n) is 4.66. The standard InChI is InChI=1S/C13H25N3/c1-6-11-8-12(7-2)16(15-11)9-13(14-5)10(3)4/h8,10,13-14H,6-7,9H2,1-5H3. The van der Waals surface area contributed by atoms with E-state index in [2.05, 4.69) is 48.9 Å². The van der Waals surface area contributed by atoms with Crippen LogP contribution >= 0.6 is 0 Å². The third-order valence-corrected chi connectivity index (χ3v) is 3.18. The molecular formula is C13H25N3. The maximum Gasteiger partial charge on any atom is 0.0624 e. The van der Waals surface area contributed by atoms with Gasteiger partial charge in [-0.2, -0.15) is 5.10 Å². The van der Waals surface area contributed by atoms with Gasteiger partial charge in [-0.25, -0.2) is 0 Å². The molecule has 1 atom stereocenters. The van der Waals surface area contributed by atoms with Crippen molar-refractivity contribution >= 4 is 0 Å². The molecule has 0 aliphatic carbocycles. The smallest absolute Gasteiger partial charge is 0.0624 e. The number of nitrogens with zero attached hydrogens (tertiary/aromatic N) is 2. The molecule has 1 unspecified atom stereocenters. The highest BCUT2D eigenvalue weighted by Gasteiger charge is 2.14. The van der Waals surface area contributed by atoms with E-state index in [4.69, 9.17) is 0 Å². The number of nitrogens with one attached hydrogen (secondary N) is 1. The normalized spacial score (nSPS) is 13.4. The molecule has 16 heavy (non-hydrogen) atoms. The minimum absolute atomic E-state index is 0.495. The van der Waals surface area contributed by atoms with Crippen LogP contribution in [0.5, 0.6) is 0 Å². The van der Waals surface area contributed by atoms with Gasteiger partial charge in [0.15, 0.2) is 0 Å². The molecule has 3 heteroatoms. The Morgan fingerprint density at radius 2 is 2.00 bits per heavy atom. The van der Waals surface area contributed by atoms with Gasteiger partial charge in [-0.3, -0.25) is 4.68 Å². The zero-order chi connectivity index (χ0) is 12.1. The molecule has 1 aromatic rings. The lowest BCUT2D eigenvalue weighted by atomic mass is 10.0. The van der Waals surface area contributed by atoms with Crippen molar-refractivity contribution in [1.82, 2.24) is 15.1 Å². The van der Waals surface area contributed by atoms with Crippen LogP contribution in [-0.2, 0) is 19.4 Å². The fourth-order valence-electron chi connectivity index (χ4n) is 1.95. The minimum atomic E-state index is 0.495. The summed E-state index contributed by atoms with van der Waals surface area (Å²) in [6.45, 7) is 9.81. The number of aromatic nitrogens is 2. The predicted molar refractivity (Wildman–Crippen MR) is 68.7 cm³/mol. The van der Waals surface area contributed by atoms with Crippen LogP contribution in [-0.4, -0.2) is 22.9 Å². The van der Waals surface area contributed by atoms with Crippen molar-refractivity contribution in [2.75, 3.05) is 7.05 Å². The van der Waals surface area contributed by atoms with Crippen molar-refractivity contribution < 1.29 is 0 Å². The lowest BCUT2D eigenvalue weighted by Gasteiger charge is -2.21. The number of hydrogen-bond acceptors (Lipinski definition) is 2. The van der Waals surface area contributed by atoms with Crippen molar-refractivity contribution in [1.29, 1.82) is 0 Å². The predicted octanol–water partition coefficient (Wildman–Crippen LogP) is 2.25. The summed E-state index contributed by atoms with van der Waals surface area (Å²) in [6, 6.07) is 2.72. The zero-order valence-corrected chi connectivity index (χ0v) is 11.2. The molecule has 92 valence electrons. The third-order valence-electron chi connectivity index (χ3n) is 3.18. The van der Waals surface area contributed by atoms with Crippen LogP contribution in [0.1, 0.15) is 39.1 Å². The largest absolute Gasteiger partial charge is 0.315 e. The first kappa shape index (κ1) is 13.2. The third kappa shape index (κ3) is 3.08. The quantitative estimate of drug-likeness (QED) is 0.801. The highest BCUT2D eigenvalue weighted by Crippen LogP contribution is 2.10. The molecule has 1 heterocycles. The summed E-state index contributed by atoms with van der Waals surface area (Å²) in [5.74, 6) is 0.629. The van der Waals surface area contributed by atoms with Crippen molar-refractivity contribution in [2.24, 2.45) is 5.92 Å². The number of hydrogen-bond donors (Lipinski definition) is 1. The van der Waals surface area contributed by atoms with Crippen molar-refractivity contribution in [3.63, 3.8) is 0 Å². The monoisotopic (exact) mass is 223 g/mol. The Bertz CT molecular complexity index is 315. The molecule has 0 saturated carbocycles. The number of aryl methyl sites for hydroxylation is 2. The average molecular weight is 223 g/mol. The Balaban J connectivity index is 2.81. The van der Waals surface area contributed by atoms with Gasteiger partial charge >= 0.3 is 0 Å². The van der Waals surface area contributed by atoms with E-state index in [0.29, 0.717) is 12.0 Å². The van der Waals surface area contributed by atoms with E-state index in [-0.39, 0.29) is 0 Å². The fourth-order valence-corrected chi connectivity index (χ4v) is 1.95. The molecule has 1 aromatic heterocycles. The molecule has 0 spiro atoms. The van der Waals surface area contributed by atoms with Gasteiger partial charge in [0, 0.05) is 11.7 Å². The topological polar surface area (TPSA) is 29.9 Å². The Morgan fingerprint density at radius 3 is 2.44 bits per heavy atom. The van der Waals surface area contributed by atoms with Gasteiger partial charge in [-0.05, 0) is 31.9 Å². The molecule has 0 amide bonds. The highest BCUT2D eigenvalue weighted by molar-refractivity contribution is 5.10. The highest BCUT2D eigenvalue weighted by atomic mass is 15.3. The maximum absolute atomic E-state index is 4.65. The van der Waals surface area contributed by atoms with Crippen molar-refractivity contribution in [2.45, 2.75) is 53.1 Å². The summed E-state index contributed by atoms with van der Waals surface area (Å²) in [6.07, 6.45) is 2.08. The van der Waals surface area contributed by atoms with Crippen LogP contribution in [0, 0.1) is 5.92 Å². The molecule has 0 fully saturated rings. The molecule has 3 nitrogen and oxygen atoms in total.